The molecule has 0 saturated heterocycles. The summed E-state index contributed by atoms with van der Waals surface area (Å²) in [6.45, 7) is 3.12. The molecule has 1 atom stereocenters. The van der Waals surface area contributed by atoms with Crippen molar-refractivity contribution in [2.24, 2.45) is 0 Å². The summed E-state index contributed by atoms with van der Waals surface area (Å²) in [7, 11) is 4.17. The SMILES string of the molecule is CC(Nc1cccc(CN(C)C)c1)c1ccncc1. The van der Waals surface area contributed by atoms with E-state index in [2.05, 4.69) is 60.5 Å². The van der Waals surface area contributed by atoms with Crippen molar-refractivity contribution >= 4 is 5.69 Å². The Morgan fingerprint density at radius 1 is 1.16 bits per heavy atom. The predicted octanol–water partition coefficient (Wildman–Crippen LogP) is 3.32. The van der Waals surface area contributed by atoms with Crippen LogP contribution >= 0.6 is 0 Å². The van der Waals surface area contributed by atoms with E-state index in [1.54, 1.807) is 0 Å². The maximum atomic E-state index is 4.05. The van der Waals surface area contributed by atoms with Crippen LogP contribution in [0.1, 0.15) is 24.1 Å². The molecule has 0 spiro atoms. The summed E-state index contributed by atoms with van der Waals surface area (Å²) in [6.07, 6.45) is 3.66. The third-order valence-electron chi connectivity index (χ3n) is 3.02. The molecule has 1 unspecified atom stereocenters. The minimum atomic E-state index is 0.276. The average Bonchev–Trinajstić information content (AvgIpc) is 2.39. The summed E-state index contributed by atoms with van der Waals surface area (Å²) in [4.78, 5) is 6.22. The van der Waals surface area contributed by atoms with Gasteiger partial charge in [0.05, 0.1) is 0 Å². The first kappa shape index (κ1) is 13.6. The monoisotopic (exact) mass is 255 g/mol. The second-order valence-electron chi connectivity index (χ2n) is 5.08. The normalized spacial score (nSPS) is 12.4. The molecule has 0 aliphatic carbocycles. The van der Waals surface area contributed by atoms with Crippen LogP contribution in [-0.4, -0.2) is 24.0 Å². The molecule has 0 aliphatic heterocycles. The second kappa shape index (κ2) is 6.34. The smallest absolute Gasteiger partial charge is 0.0486 e. The van der Waals surface area contributed by atoms with Crippen LogP contribution < -0.4 is 5.32 Å². The van der Waals surface area contributed by atoms with Gasteiger partial charge in [-0.05, 0) is 56.4 Å². The van der Waals surface area contributed by atoms with Crippen LogP contribution in [0.5, 0.6) is 0 Å². The van der Waals surface area contributed by atoms with Crippen LogP contribution in [0.4, 0.5) is 5.69 Å². The molecular formula is C16H21N3. The molecule has 0 aliphatic rings. The van der Waals surface area contributed by atoms with Crippen LogP contribution in [-0.2, 0) is 6.54 Å². The third-order valence-corrected chi connectivity index (χ3v) is 3.02. The van der Waals surface area contributed by atoms with Crippen LogP contribution in [0.25, 0.3) is 0 Å². The quantitative estimate of drug-likeness (QED) is 0.888. The molecule has 2 aromatic rings. The van der Waals surface area contributed by atoms with Gasteiger partial charge in [0.1, 0.15) is 0 Å². The van der Waals surface area contributed by atoms with E-state index in [1.807, 2.05) is 24.5 Å². The van der Waals surface area contributed by atoms with Gasteiger partial charge in [-0.3, -0.25) is 4.98 Å². The van der Waals surface area contributed by atoms with Crippen molar-refractivity contribution in [3.8, 4) is 0 Å². The van der Waals surface area contributed by atoms with E-state index >= 15 is 0 Å². The lowest BCUT2D eigenvalue weighted by Crippen LogP contribution is -2.11. The molecule has 3 nitrogen and oxygen atoms in total. The Labute approximate surface area is 115 Å². The molecule has 1 aromatic carbocycles. The zero-order valence-electron chi connectivity index (χ0n) is 11.8. The molecule has 0 fully saturated rings. The Morgan fingerprint density at radius 3 is 2.58 bits per heavy atom. The Kier molecular flexibility index (Phi) is 4.53. The van der Waals surface area contributed by atoms with Crippen LogP contribution in [0, 0.1) is 0 Å². The topological polar surface area (TPSA) is 28.2 Å². The highest BCUT2D eigenvalue weighted by Crippen LogP contribution is 2.19. The predicted molar refractivity (Wildman–Crippen MR) is 80.1 cm³/mol. The average molecular weight is 255 g/mol. The van der Waals surface area contributed by atoms with Gasteiger partial charge in [0.2, 0.25) is 0 Å². The van der Waals surface area contributed by atoms with Gasteiger partial charge in [-0.2, -0.15) is 0 Å². The van der Waals surface area contributed by atoms with Crippen molar-refractivity contribution in [1.29, 1.82) is 0 Å². The van der Waals surface area contributed by atoms with E-state index < -0.39 is 0 Å². The van der Waals surface area contributed by atoms with E-state index in [1.165, 1.54) is 11.1 Å². The van der Waals surface area contributed by atoms with Crippen molar-refractivity contribution in [2.75, 3.05) is 19.4 Å². The molecule has 1 aromatic heterocycles. The largest absolute Gasteiger partial charge is 0.379 e. The number of nitrogens with one attached hydrogen (secondary N) is 1. The fourth-order valence-electron chi connectivity index (χ4n) is 2.11. The molecule has 100 valence electrons. The van der Waals surface area contributed by atoms with E-state index in [9.17, 15) is 0 Å². The lowest BCUT2D eigenvalue weighted by molar-refractivity contribution is 0.402. The van der Waals surface area contributed by atoms with Gasteiger partial charge in [0.15, 0.2) is 0 Å². The number of rotatable bonds is 5. The number of aromatic nitrogens is 1. The zero-order valence-corrected chi connectivity index (χ0v) is 11.8. The number of hydrogen-bond acceptors (Lipinski definition) is 3. The summed E-state index contributed by atoms with van der Waals surface area (Å²) in [5.74, 6) is 0. The highest BCUT2D eigenvalue weighted by molar-refractivity contribution is 5.47. The summed E-state index contributed by atoms with van der Waals surface area (Å²) >= 11 is 0. The maximum Gasteiger partial charge on any atom is 0.0486 e. The molecule has 19 heavy (non-hydrogen) atoms. The van der Waals surface area contributed by atoms with Gasteiger partial charge in [0.25, 0.3) is 0 Å². The zero-order chi connectivity index (χ0) is 13.7. The fourth-order valence-corrected chi connectivity index (χ4v) is 2.11. The van der Waals surface area contributed by atoms with Crippen molar-refractivity contribution in [2.45, 2.75) is 19.5 Å². The molecule has 0 amide bonds. The summed E-state index contributed by atoms with van der Waals surface area (Å²) in [5.41, 5.74) is 3.72. The molecule has 0 saturated carbocycles. The number of anilines is 1. The van der Waals surface area contributed by atoms with E-state index in [-0.39, 0.29) is 6.04 Å². The van der Waals surface area contributed by atoms with E-state index in [0.29, 0.717) is 0 Å². The van der Waals surface area contributed by atoms with Crippen LogP contribution in [0.2, 0.25) is 0 Å². The van der Waals surface area contributed by atoms with Gasteiger partial charge in [-0.15, -0.1) is 0 Å². The van der Waals surface area contributed by atoms with Gasteiger partial charge in [-0.25, -0.2) is 0 Å². The van der Waals surface area contributed by atoms with Crippen molar-refractivity contribution in [3.63, 3.8) is 0 Å². The number of nitrogens with zero attached hydrogens (tertiary/aromatic N) is 2. The lowest BCUT2D eigenvalue weighted by Gasteiger charge is -2.17. The Morgan fingerprint density at radius 2 is 1.89 bits per heavy atom. The fraction of sp³-hybridized carbons (Fsp3) is 0.312. The summed E-state index contributed by atoms with van der Waals surface area (Å²) in [5, 5.41) is 3.53. The summed E-state index contributed by atoms with van der Waals surface area (Å²) < 4.78 is 0. The molecule has 0 radical (unpaired) electrons. The first-order valence-electron chi connectivity index (χ1n) is 6.55. The molecule has 2 rings (SSSR count). The Hall–Kier alpha value is -1.87. The molecular weight excluding hydrogens is 234 g/mol. The minimum Gasteiger partial charge on any atom is -0.379 e. The maximum absolute atomic E-state index is 4.05. The third kappa shape index (κ3) is 4.07. The molecule has 1 heterocycles. The van der Waals surface area contributed by atoms with Gasteiger partial charge < -0.3 is 10.2 Å². The summed E-state index contributed by atoms with van der Waals surface area (Å²) in [6, 6.07) is 12.9. The standard InChI is InChI=1S/C16H21N3/c1-13(15-7-9-17-10-8-15)18-16-6-4-5-14(11-16)12-19(2)3/h4-11,13,18H,12H2,1-3H3. The van der Waals surface area contributed by atoms with Crippen molar-refractivity contribution in [1.82, 2.24) is 9.88 Å². The Balaban J connectivity index is 2.06. The lowest BCUT2D eigenvalue weighted by atomic mass is 10.1. The van der Waals surface area contributed by atoms with Gasteiger partial charge >= 0.3 is 0 Å². The van der Waals surface area contributed by atoms with Gasteiger partial charge in [0, 0.05) is 30.7 Å². The highest BCUT2D eigenvalue weighted by atomic mass is 15.0. The first-order valence-corrected chi connectivity index (χ1v) is 6.55. The molecule has 3 heteroatoms. The van der Waals surface area contributed by atoms with Crippen molar-refractivity contribution < 1.29 is 0 Å². The Bertz CT molecular complexity index is 508. The van der Waals surface area contributed by atoms with Crippen molar-refractivity contribution in [3.05, 3.63) is 59.9 Å². The number of benzene rings is 1. The van der Waals surface area contributed by atoms with E-state index in [4.69, 9.17) is 0 Å². The second-order valence-corrected chi connectivity index (χ2v) is 5.08. The van der Waals surface area contributed by atoms with Crippen LogP contribution in [0.15, 0.2) is 48.8 Å². The molecule has 0 bridgehead atoms. The molecule has 1 N–H and O–H groups in total. The first-order chi connectivity index (χ1) is 9.15. The minimum absolute atomic E-state index is 0.276. The van der Waals surface area contributed by atoms with Crippen LogP contribution in [0.3, 0.4) is 0 Å². The highest BCUT2D eigenvalue weighted by Gasteiger charge is 2.05. The number of hydrogen-bond donors (Lipinski definition) is 1. The van der Waals surface area contributed by atoms with Gasteiger partial charge in [-0.1, -0.05) is 12.1 Å². The van der Waals surface area contributed by atoms with E-state index in [0.717, 1.165) is 12.2 Å². The number of pyridine rings is 1.